The zero-order valence-corrected chi connectivity index (χ0v) is 12.7. The molecule has 4 nitrogen and oxygen atoms in total. The highest BCUT2D eigenvalue weighted by Crippen LogP contribution is 2.18. The second-order valence-electron chi connectivity index (χ2n) is 4.87. The second kappa shape index (κ2) is 8.71. The van der Waals surface area contributed by atoms with Gasteiger partial charge < -0.3 is 9.15 Å². The van der Waals surface area contributed by atoms with Crippen molar-refractivity contribution in [2.75, 3.05) is 20.2 Å². The van der Waals surface area contributed by atoms with Crippen LogP contribution in [0, 0.1) is 11.3 Å². The van der Waals surface area contributed by atoms with Crippen LogP contribution in [0.5, 0.6) is 5.75 Å². The SMILES string of the molecule is COc1ccccc1C=CCN(CCC#N)Cc1ccco1. The molecule has 0 aliphatic heterocycles. The summed E-state index contributed by atoms with van der Waals surface area (Å²) in [6, 6.07) is 13.9. The number of benzene rings is 1. The Kier molecular flexibility index (Phi) is 6.28. The average molecular weight is 296 g/mol. The summed E-state index contributed by atoms with van der Waals surface area (Å²) < 4.78 is 10.7. The molecule has 1 heterocycles. The van der Waals surface area contributed by atoms with E-state index in [4.69, 9.17) is 14.4 Å². The fraction of sp³-hybridized carbons (Fsp3) is 0.278. The Morgan fingerprint density at radius 3 is 2.86 bits per heavy atom. The van der Waals surface area contributed by atoms with Crippen LogP contribution in [0.3, 0.4) is 0 Å². The zero-order chi connectivity index (χ0) is 15.6. The minimum atomic E-state index is 0.503. The van der Waals surface area contributed by atoms with Crippen LogP contribution < -0.4 is 4.74 Å². The summed E-state index contributed by atoms with van der Waals surface area (Å²) in [5.41, 5.74) is 1.04. The first-order valence-corrected chi connectivity index (χ1v) is 7.24. The first-order chi connectivity index (χ1) is 10.8. The third-order valence-electron chi connectivity index (χ3n) is 3.30. The minimum absolute atomic E-state index is 0.503. The van der Waals surface area contributed by atoms with Gasteiger partial charge >= 0.3 is 0 Å². The molecule has 0 aliphatic rings. The number of furan rings is 1. The van der Waals surface area contributed by atoms with Gasteiger partial charge in [-0.1, -0.05) is 30.4 Å². The first kappa shape index (κ1) is 15.9. The summed E-state index contributed by atoms with van der Waals surface area (Å²) >= 11 is 0. The van der Waals surface area contributed by atoms with Gasteiger partial charge in [-0.25, -0.2) is 0 Å². The van der Waals surface area contributed by atoms with Crippen molar-refractivity contribution in [2.24, 2.45) is 0 Å². The maximum atomic E-state index is 8.78. The summed E-state index contributed by atoms with van der Waals surface area (Å²) in [6.07, 6.45) is 6.30. The molecule has 2 rings (SSSR count). The molecular weight excluding hydrogens is 276 g/mol. The van der Waals surface area contributed by atoms with Gasteiger partial charge in [0.05, 0.1) is 26.0 Å². The topological polar surface area (TPSA) is 49.4 Å². The molecule has 0 saturated heterocycles. The largest absolute Gasteiger partial charge is 0.496 e. The Morgan fingerprint density at radius 2 is 2.14 bits per heavy atom. The van der Waals surface area contributed by atoms with Crippen molar-refractivity contribution in [3.8, 4) is 11.8 Å². The standard InChI is InChI=1S/C18H20N2O2/c1-21-18-10-3-2-7-16(18)8-4-12-20(13-6-11-19)15-17-9-5-14-22-17/h2-5,7-10,14H,6,12-13,15H2,1H3. The third kappa shape index (κ3) is 4.80. The average Bonchev–Trinajstić information content (AvgIpc) is 3.06. The van der Waals surface area contributed by atoms with E-state index in [1.165, 1.54) is 0 Å². The van der Waals surface area contributed by atoms with Crippen molar-refractivity contribution < 1.29 is 9.15 Å². The van der Waals surface area contributed by atoms with E-state index >= 15 is 0 Å². The highest BCUT2D eigenvalue weighted by atomic mass is 16.5. The van der Waals surface area contributed by atoms with E-state index in [0.29, 0.717) is 19.5 Å². The zero-order valence-electron chi connectivity index (χ0n) is 12.7. The summed E-state index contributed by atoms with van der Waals surface area (Å²) in [5.74, 6) is 1.76. The fourth-order valence-corrected chi connectivity index (χ4v) is 2.20. The monoisotopic (exact) mass is 296 g/mol. The lowest BCUT2D eigenvalue weighted by Crippen LogP contribution is -2.24. The third-order valence-corrected chi connectivity index (χ3v) is 3.30. The molecule has 2 aromatic rings. The number of rotatable bonds is 8. The van der Waals surface area contributed by atoms with Gasteiger partial charge in [-0.05, 0) is 18.2 Å². The van der Waals surface area contributed by atoms with E-state index in [1.54, 1.807) is 13.4 Å². The molecular formula is C18H20N2O2. The Bertz CT molecular complexity index is 627. The van der Waals surface area contributed by atoms with E-state index in [2.05, 4.69) is 17.0 Å². The molecule has 114 valence electrons. The van der Waals surface area contributed by atoms with Gasteiger partial charge in [0.15, 0.2) is 0 Å². The molecule has 0 spiro atoms. The molecule has 22 heavy (non-hydrogen) atoms. The number of para-hydroxylation sites is 1. The lowest BCUT2D eigenvalue weighted by molar-refractivity contribution is 0.274. The van der Waals surface area contributed by atoms with Crippen LogP contribution >= 0.6 is 0 Å². The summed E-state index contributed by atoms with van der Waals surface area (Å²) in [4.78, 5) is 2.17. The summed E-state index contributed by atoms with van der Waals surface area (Å²) in [7, 11) is 1.67. The van der Waals surface area contributed by atoms with Crippen LogP contribution in [-0.4, -0.2) is 25.1 Å². The van der Waals surface area contributed by atoms with Gasteiger partial charge in [0.25, 0.3) is 0 Å². The van der Waals surface area contributed by atoms with Crippen LogP contribution in [0.4, 0.5) is 0 Å². The molecule has 0 atom stereocenters. The van der Waals surface area contributed by atoms with Gasteiger partial charge in [0.1, 0.15) is 11.5 Å². The molecule has 0 N–H and O–H groups in total. The molecule has 4 heteroatoms. The molecule has 0 saturated carbocycles. The maximum absolute atomic E-state index is 8.78. The van der Waals surface area contributed by atoms with Gasteiger partial charge in [0, 0.05) is 25.1 Å². The van der Waals surface area contributed by atoms with E-state index in [-0.39, 0.29) is 0 Å². The number of nitriles is 1. The van der Waals surface area contributed by atoms with Crippen molar-refractivity contribution in [1.82, 2.24) is 4.90 Å². The van der Waals surface area contributed by atoms with E-state index in [0.717, 1.165) is 23.6 Å². The predicted molar refractivity (Wildman–Crippen MR) is 86.2 cm³/mol. The highest BCUT2D eigenvalue weighted by Gasteiger charge is 2.06. The van der Waals surface area contributed by atoms with Crippen LogP contribution in [0.15, 0.2) is 53.2 Å². The van der Waals surface area contributed by atoms with Crippen molar-refractivity contribution in [2.45, 2.75) is 13.0 Å². The van der Waals surface area contributed by atoms with E-state index in [1.807, 2.05) is 42.5 Å². The molecule has 1 aromatic heterocycles. The summed E-state index contributed by atoms with van der Waals surface area (Å²) in [6.45, 7) is 2.17. The van der Waals surface area contributed by atoms with Gasteiger partial charge in [-0.3, -0.25) is 4.90 Å². The molecule has 0 radical (unpaired) electrons. The molecule has 0 fully saturated rings. The predicted octanol–water partition coefficient (Wildman–Crippen LogP) is 3.72. The van der Waals surface area contributed by atoms with Gasteiger partial charge in [-0.2, -0.15) is 5.26 Å². The van der Waals surface area contributed by atoms with E-state index in [9.17, 15) is 0 Å². The number of ether oxygens (including phenoxy) is 1. The Labute approximate surface area is 131 Å². The number of methoxy groups -OCH3 is 1. The number of hydrogen-bond donors (Lipinski definition) is 0. The quantitative estimate of drug-likeness (QED) is 0.745. The van der Waals surface area contributed by atoms with Crippen molar-refractivity contribution >= 4 is 6.08 Å². The van der Waals surface area contributed by atoms with Crippen LogP contribution in [0.25, 0.3) is 6.08 Å². The van der Waals surface area contributed by atoms with Crippen molar-refractivity contribution in [3.05, 3.63) is 60.1 Å². The van der Waals surface area contributed by atoms with Crippen molar-refractivity contribution in [3.63, 3.8) is 0 Å². The summed E-state index contributed by atoms with van der Waals surface area (Å²) in [5, 5.41) is 8.78. The van der Waals surface area contributed by atoms with Gasteiger partial charge in [-0.15, -0.1) is 0 Å². The van der Waals surface area contributed by atoms with Gasteiger partial charge in [0.2, 0.25) is 0 Å². The minimum Gasteiger partial charge on any atom is -0.496 e. The Morgan fingerprint density at radius 1 is 1.27 bits per heavy atom. The lowest BCUT2D eigenvalue weighted by atomic mass is 10.2. The van der Waals surface area contributed by atoms with Crippen LogP contribution in [0.2, 0.25) is 0 Å². The fourth-order valence-electron chi connectivity index (χ4n) is 2.20. The van der Waals surface area contributed by atoms with Crippen LogP contribution in [0.1, 0.15) is 17.7 Å². The maximum Gasteiger partial charge on any atom is 0.126 e. The molecule has 0 aliphatic carbocycles. The van der Waals surface area contributed by atoms with E-state index < -0.39 is 0 Å². The molecule has 0 amide bonds. The van der Waals surface area contributed by atoms with Crippen LogP contribution in [-0.2, 0) is 6.54 Å². The number of hydrogen-bond acceptors (Lipinski definition) is 4. The van der Waals surface area contributed by atoms with Crippen molar-refractivity contribution in [1.29, 1.82) is 5.26 Å². The molecule has 1 aromatic carbocycles. The molecule has 0 unspecified atom stereocenters. The Balaban J connectivity index is 1.97. The Hall–Kier alpha value is -2.51. The number of nitrogens with zero attached hydrogens (tertiary/aromatic N) is 2. The molecule has 0 bridgehead atoms. The smallest absolute Gasteiger partial charge is 0.126 e. The lowest BCUT2D eigenvalue weighted by Gasteiger charge is -2.17. The highest BCUT2D eigenvalue weighted by molar-refractivity contribution is 5.57. The first-order valence-electron chi connectivity index (χ1n) is 7.24. The second-order valence-corrected chi connectivity index (χ2v) is 4.87. The normalized spacial score (nSPS) is 11.0.